The van der Waals surface area contributed by atoms with Crippen molar-refractivity contribution in [3.05, 3.63) is 42.1 Å². The second-order valence-corrected chi connectivity index (χ2v) is 4.91. The van der Waals surface area contributed by atoms with Gasteiger partial charge >= 0.3 is 0 Å². The van der Waals surface area contributed by atoms with Gasteiger partial charge in [-0.3, -0.25) is 4.79 Å². The third-order valence-corrected chi connectivity index (χ3v) is 3.20. The summed E-state index contributed by atoms with van der Waals surface area (Å²) >= 11 is 0. The summed E-state index contributed by atoms with van der Waals surface area (Å²) < 4.78 is 10.3. The maximum absolute atomic E-state index is 12.3. The third kappa shape index (κ3) is 4.60. The number of nitrogens with zero attached hydrogens (tertiary/aromatic N) is 1. The zero-order valence-electron chi connectivity index (χ0n) is 13.6. The molecule has 0 atom stereocenters. The van der Waals surface area contributed by atoms with Crippen LogP contribution in [0.15, 0.2) is 36.5 Å². The highest BCUT2D eigenvalue weighted by molar-refractivity contribution is 6.04. The lowest BCUT2D eigenvalue weighted by Gasteiger charge is -2.09. The molecule has 0 bridgehead atoms. The Kier molecular flexibility index (Phi) is 5.80. The lowest BCUT2D eigenvalue weighted by molar-refractivity contribution is 0.102. The van der Waals surface area contributed by atoms with E-state index in [0.717, 1.165) is 18.7 Å². The molecule has 0 fully saturated rings. The molecular weight excluding hydrogens is 294 g/mol. The summed E-state index contributed by atoms with van der Waals surface area (Å²) in [7, 11) is 3.08. The Morgan fingerprint density at radius 3 is 2.35 bits per heavy atom. The molecule has 1 aromatic carbocycles. The molecule has 6 heteroatoms. The Balaban J connectivity index is 2.09. The molecule has 0 saturated carbocycles. The molecule has 122 valence electrons. The Labute approximate surface area is 135 Å². The number of rotatable bonds is 7. The highest BCUT2D eigenvalue weighted by Crippen LogP contribution is 2.23. The quantitative estimate of drug-likeness (QED) is 0.821. The lowest BCUT2D eigenvalue weighted by Crippen LogP contribution is -2.13. The molecule has 2 aromatic rings. The standard InChI is InChI=1S/C17H21N3O3/c1-4-7-18-13-5-6-16(19-11-13)20-17(21)12-8-14(22-2)10-15(9-12)23-3/h5-6,8-11,18H,4,7H2,1-3H3,(H,19,20,21). The average molecular weight is 315 g/mol. The van der Waals surface area contributed by atoms with Crippen molar-refractivity contribution in [2.24, 2.45) is 0 Å². The molecule has 0 unspecified atom stereocenters. The molecule has 0 aliphatic heterocycles. The van der Waals surface area contributed by atoms with Crippen LogP contribution < -0.4 is 20.1 Å². The van der Waals surface area contributed by atoms with Crippen LogP contribution in [0, 0.1) is 0 Å². The van der Waals surface area contributed by atoms with Crippen LogP contribution in [0.2, 0.25) is 0 Å². The predicted molar refractivity (Wildman–Crippen MR) is 90.5 cm³/mol. The summed E-state index contributed by atoms with van der Waals surface area (Å²) in [6.07, 6.45) is 2.73. The van der Waals surface area contributed by atoms with E-state index in [1.165, 1.54) is 0 Å². The number of amides is 1. The summed E-state index contributed by atoms with van der Waals surface area (Å²) in [6.45, 7) is 2.98. The van der Waals surface area contributed by atoms with Gasteiger partial charge < -0.3 is 20.1 Å². The van der Waals surface area contributed by atoms with Crippen molar-refractivity contribution in [1.29, 1.82) is 0 Å². The minimum Gasteiger partial charge on any atom is -0.497 e. The fourth-order valence-electron chi connectivity index (χ4n) is 1.97. The first-order chi connectivity index (χ1) is 11.2. The Morgan fingerprint density at radius 2 is 1.83 bits per heavy atom. The van der Waals surface area contributed by atoms with Crippen LogP contribution in [0.4, 0.5) is 11.5 Å². The van der Waals surface area contributed by atoms with Crippen LogP contribution >= 0.6 is 0 Å². The van der Waals surface area contributed by atoms with E-state index >= 15 is 0 Å². The van der Waals surface area contributed by atoms with Gasteiger partial charge in [-0.2, -0.15) is 0 Å². The van der Waals surface area contributed by atoms with E-state index in [4.69, 9.17) is 9.47 Å². The molecule has 2 N–H and O–H groups in total. The summed E-state index contributed by atoms with van der Waals surface area (Å²) in [4.78, 5) is 16.6. The van der Waals surface area contributed by atoms with Gasteiger partial charge in [0.15, 0.2) is 0 Å². The summed E-state index contributed by atoms with van der Waals surface area (Å²) in [5.74, 6) is 1.32. The Hall–Kier alpha value is -2.76. The predicted octanol–water partition coefficient (Wildman–Crippen LogP) is 3.17. The number of carbonyl (C=O) groups excluding carboxylic acids is 1. The highest BCUT2D eigenvalue weighted by Gasteiger charge is 2.10. The first-order valence-electron chi connectivity index (χ1n) is 7.40. The molecule has 0 aliphatic rings. The van der Waals surface area contributed by atoms with Crippen LogP contribution in [-0.2, 0) is 0 Å². The smallest absolute Gasteiger partial charge is 0.257 e. The number of carbonyl (C=O) groups is 1. The molecule has 1 aromatic heterocycles. The highest BCUT2D eigenvalue weighted by atomic mass is 16.5. The largest absolute Gasteiger partial charge is 0.497 e. The van der Waals surface area contributed by atoms with Gasteiger partial charge in [0, 0.05) is 18.2 Å². The van der Waals surface area contributed by atoms with Crippen LogP contribution in [0.1, 0.15) is 23.7 Å². The van der Waals surface area contributed by atoms with Gasteiger partial charge in [-0.05, 0) is 30.7 Å². The van der Waals surface area contributed by atoms with Crippen molar-refractivity contribution in [3.63, 3.8) is 0 Å². The topological polar surface area (TPSA) is 72.5 Å². The minimum absolute atomic E-state index is 0.274. The van der Waals surface area contributed by atoms with Crippen LogP contribution in [0.25, 0.3) is 0 Å². The van der Waals surface area contributed by atoms with Crippen molar-refractivity contribution < 1.29 is 14.3 Å². The molecule has 0 radical (unpaired) electrons. The van der Waals surface area contributed by atoms with E-state index in [1.54, 1.807) is 44.7 Å². The summed E-state index contributed by atoms with van der Waals surface area (Å²) in [6, 6.07) is 8.64. The van der Waals surface area contributed by atoms with E-state index in [1.807, 2.05) is 6.07 Å². The average Bonchev–Trinajstić information content (AvgIpc) is 2.60. The lowest BCUT2D eigenvalue weighted by atomic mass is 10.2. The molecule has 0 saturated heterocycles. The van der Waals surface area contributed by atoms with E-state index in [2.05, 4.69) is 22.5 Å². The maximum atomic E-state index is 12.3. The number of pyridine rings is 1. The number of hydrogen-bond donors (Lipinski definition) is 2. The Bertz CT molecular complexity index is 634. The van der Waals surface area contributed by atoms with Crippen molar-refractivity contribution in [1.82, 2.24) is 4.98 Å². The SMILES string of the molecule is CCCNc1ccc(NC(=O)c2cc(OC)cc(OC)c2)nc1. The molecule has 1 amide bonds. The molecule has 6 nitrogen and oxygen atoms in total. The fraction of sp³-hybridized carbons (Fsp3) is 0.294. The molecule has 2 rings (SSSR count). The van der Waals surface area contributed by atoms with Crippen molar-refractivity contribution in [3.8, 4) is 11.5 Å². The van der Waals surface area contributed by atoms with E-state index in [0.29, 0.717) is 22.9 Å². The number of hydrogen-bond acceptors (Lipinski definition) is 5. The van der Waals surface area contributed by atoms with Crippen molar-refractivity contribution >= 4 is 17.4 Å². The first kappa shape index (κ1) is 16.6. The zero-order valence-corrected chi connectivity index (χ0v) is 13.6. The first-order valence-corrected chi connectivity index (χ1v) is 7.40. The molecule has 23 heavy (non-hydrogen) atoms. The molecular formula is C17H21N3O3. The molecule has 1 heterocycles. The van der Waals surface area contributed by atoms with Gasteiger partial charge in [-0.15, -0.1) is 0 Å². The van der Waals surface area contributed by atoms with Crippen LogP contribution in [-0.4, -0.2) is 31.7 Å². The number of aromatic nitrogens is 1. The van der Waals surface area contributed by atoms with Crippen molar-refractivity contribution in [2.75, 3.05) is 31.4 Å². The molecule has 0 spiro atoms. The van der Waals surface area contributed by atoms with Gasteiger partial charge in [-0.1, -0.05) is 6.92 Å². The Morgan fingerprint density at radius 1 is 1.13 bits per heavy atom. The molecule has 0 aliphatic carbocycles. The van der Waals surface area contributed by atoms with Crippen LogP contribution in [0.5, 0.6) is 11.5 Å². The van der Waals surface area contributed by atoms with Gasteiger partial charge in [0.05, 0.1) is 26.1 Å². The number of anilines is 2. The van der Waals surface area contributed by atoms with Gasteiger partial charge in [0.1, 0.15) is 17.3 Å². The second-order valence-electron chi connectivity index (χ2n) is 4.91. The number of ether oxygens (including phenoxy) is 2. The van der Waals surface area contributed by atoms with E-state index in [-0.39, 0.29) is 5.91 Å². The normalized spacial score (nSPS) is 10.0. The third-order valence-electron chi connectivity index (χ3n) is 3.20. The number of methoxy groups -OCH3 is 2. The van der Waals surface area contributed by atoms with Gasteiger partial charge in [0.2, 0.25) is 0 Å². The maximum Gasteiger partial charge on any atom is 0.257 e. The van der Waals surface area contributed by atoms with E-state index in [9.17, 15) is 4.79 Å². The summed E-state index contributed by atoms with van der Waals surface area (Å²) in [5, 5.41) is 5.98. The summed E-state index contributed by atoms with van der Waals surface area (Å²) in [5.41, 5.74) is 1.36. The van der Waals surface area contributed by atoms with E-state index < -0.39 is 0 Å². The minimum atomic E-state index is -0.274. The van der Waals surface area contributed by atoms with Gasteiger partial charge in [0.25, 0.3) is 5.91 Å². The van der Waals surface area contributed by atoms with Crippen molar-refractivity contribution in [2.45, 2.75) is 13.3 Å². The zero-order chi connectivity index (χ0) is 16.7. The van der Waals surface area contributed by atoms with Crippen LogP contribution in [0.3, 0.4) is 0 Å². The number of nitrogens with one attached hydrogen (secondary N) is 2. The fourth-order valence-corrected chi connectivity index (χ4v) is 1.97. The monoisotopic (exact) mass is 315 g/mol. The van der Waals surface area contributed by atoms with Gasteiger partial charge in [-0.25, -0.2) is 4.98 Å². The second kappa shape index (κ2) is 8.03. The number of benzene rings is 1.